The molecular formula is C54H64F8N4O10. The van der Waals surface area contributed by atoms with E-state index in [0.717, 1.165) is 23.3 Å². The zero-order chi connectivity index (χ0) is 56.2. The molecule has 6 rings (SSSR count). The van der Waals surface area contributed by atoms with Crippen LogP contribution in [0.3, 0.4) is 0 Å². The van der Waals surface area contributed by atoms with Crippen molar-refractivity contribution in [3.63, 3.8) is 0 Å². The summed E-state index contributed by atoms with van der Waals surface area (Å²) < 4.78 is 152. The molecule has 0 fully saturated rings. The average molecular weight is 1080 g/mol. The average Bonchev–Trinajstić information content (AvgIpc) is 4.16. The zero-order valence-corrected chi connectivity index (χ0v) is 43.7. The van der Waals surface area contributed by atoms with Crippen molar-refractivity contribution in [2.75, 3.05) is 13.2 Å². The predicted molar refractivity (Wildman–Crippen MR) is 259 cm³/mol. The number of hydrogen-bond acceptors (Lipinski definition) is 13. The van der Waals surface area contributed by atoms with E-state index in [9.17, 15) is 49.8 Å². The Labute approximate surface area is 434 Å². The van der Waals surface area contributed by atoms with E-state index in [1.165, 1.54) is 41.5 Å². The number of ether oxygens (including phenoxy) is 3. The maximum Gasteiger partial charge on any atom is 0.312 e. The highest BCUT2D eigenvalue weighted by Crippen LogP contribution is 2.48. The first kappa shape index (κ1) is 60.4. The molecule has 6 aromatic rings. The van der Waals surface area contributed by atoms with Crippen molar-refractivity contribution in [1.29, 1.82) is 0 Å². The second-order valence-electron chi connectivity index (χ2n) is 21.2. The molecule has 0 radical (unpaired) electrons. The molecule has 0 aliphatic carbocycles. The summed E-state index contributed by atoms with van der Waals surface area (Å²) in [5.41, 5.74) is -4.30. The number of aromatic nitrogens is 4. The van der Waals surface area contributed by atoms with Crippen molar-refractivity contribution in [2.45, 2.75) is 156 Å². The number of halogens is 8. The number of esters is 1. The van der Waals surface area contributed by atoms with Crippen LogP contribution in [0.15, 0.2) is 90.9 Å². The van der Waals surface area contributed by atoms with Crippen LogP contribution >= 0.6 is 0 Å². The third kappa shape index (κ3) is 16.1. The molecule has 0 unspecified atom stereocenters. The summed E-state index contributed by atoms with van der Waals surface area (Å²) in [6, 6.07) is 20.7. The molecule has 0 spiro atoms. The van der Waals surface area contributed by atoms with E-state index in [4.69, 9.17) is 32.3 Å². The van der Waals surface area contributed by atoms with Gasteiger partial charge in [0.1, 0.15) is 5.60 Å². The van der Waals surface area contributed by atoms with E-state index in [-0.39, 0.29) is 48.6 Å². The summed E-state index contributed by atoms with van der Waals surface area (Å²) in [6.07, 6.45) is -5.68. The summed E-state index contributed by atoms with van der Waals surface area (Å²) in [6.45, 7) is 14.3. The van der Waals surface area contributed by atoms with Gasteiger partial charge in [-0.3, -0.25) is 9.59 Å². The Morgan fingerprint density at radius 3 is 1.29 bits per heavy atom. The summed E-state index contributed by atoms with van der Waals surface area (Å²) in [7, 11) is 0. The van der Waals surface area contributed by atoms with Crippen molar-refractivity contribution in [2.24, 2.45) is 10.8 Å². The minimum atomic E-state index is -3.43. The Morgan fingerprint density at radius 2 is 0.947 bits per heavy atom. The van der Waals surface area contributed by atoms with Crippen LogP contribution in [0.1, 0.15) is 171 Å². The minimum Gasteiger partial charge on any atom is -0.481 e. The maximum atomic E-state index is 14.8. The van der Waals surface area contributed by atoms with E-state index in [1.807, 2.05) is 60.7 Å². The fourth-order valence-electron chi connectivity index (χ4n) is 7.66. The van der Waals surface area contributed by atoms with Gasteiger partial charge in [0.05, 0.1) is 48.6 Å². The summed E-state index contributed by atoms with van der Waals surface area (Å²) in [5, 5.41) is 24.0. The molecule has 14 nitrogen and oxygen atoms in total. The molecule has 76 heavy (non-hydrogen) atoms. The number of alkyl halides is 8. The molecule has 0 amide bonds. The van der Waals surface area contributed by atoms with Crippen molar-refractivity contribution < 1.29 is 82.1 Å². The van der Waals surface area contributed by atoms with Gasteiger partial charge in [-0.15, -0.1) is 0 Å². The smallest absolute Gasteiger partial charge is 0.312 e. The van der Waals surface area contributed by atoms with Gasteiger partial charge in [-0.1, -0.05) is 123 Å². The zero-order valence-electron chi connectivity index (χ0n) is 43.7. The highest BCUT2D eigenvalue weighted by Gasteiger charge is 2.50. The summed E-state index contributed by atoms with van der Waals surface area (Å²) >= 11 is 0. The second kappa shape index (κ2) is 25.6. The van der Waals surface area contributed by atoms with Gasteiger partial charge in [0.15, 0.2) is 22.9 Å². The van der Waals surface area contributed by atoms with E-state index in [1.54, 1.807) is 20.8 Å². The molecule has 0 saturated heterocycles. The predicted octanol–water partition coefficient (Wildman–Crippen LogP) is 15.2. The van der Waals surface area contributed by atoms with Gasteiger partial charge in [0.25, 0.3) is 12.9 Å². The van der Waals surface area contributed by atoms with Gasteiger partial charge in [-0.25, -0.2) is 17.6 Å². The van der Waals surface area contributed by atoms with E-state index < -0.39 is 105 Å². The number of carboxylic acids is 1. The third-order valence-electron chi connectivity index (χ3n) is 11.9. The van der Waals surface area contributed by atoms with Crippen molar-refractivity contribution in [3.05, 3.63) is 118 Å². The Morgan fingerprint density at radius 1 is 0.566 bits per heavy atom. The lowest BCUT2D eigenvalue weighted by Gasteiger charge is -2.27. The highest BCUT2D eigenvalue weighted by molar-refractivity contribution is 5.71. The number of hydrogen-bond donors (Lipinski definition) is 1. The molecule has 0 aliphatic rings. The van der Waals surface area contributed by atoms with Gasteiger partial charge in [0, 0.05) is 48.0 Å². The van der Waals surface area contributed by atoms with Crippen LogP contribution in [0.25, 0.3) is 22.9 Å². The summed E-state index contributed by atoms with van der Waals surface area (Å²) in [5.74, 6) is -13.0. The molecule has 416 valence electrons. The Bertz CT molecular complexity index is 2760. The minimum absolute atomic E-state index is 0.161. The van der Waals surface area contributed by atoms with Crippen molar-refractivity contribution >= 4 is 11.9 Å². The van der Waals surface area contributed by atoms with Crippen LogP contribution in [0, 0.1) is 10.8 Å². The molecule has 2 atom stereocenters. The number of rotatable bonds is 24. The fourth-order valence-corrected chi connectivity index (χ4v) is 7.66. The van der Waals surface area contributed by atoms with Gasteiger partial charge in [-0.05, 0) is 57.6 Å². The molecule has 1 N–H and O–H groups in total. The van der Waals surface area contributed by atoms with Crippen LogP contribution < -0.4 is 0 Å². The largest absolute Gasteiger partial charge is 0.481 e. The van der Waals surface area contributed by atoms with E-state index in [0.29, 0.717) is 32.7 Å². The van der Waals surface area contributed by atoms with E-state index >= 15 is 0 Å². The number of carboxylic acid groups (broad SMARTS) is 1. The van der Waals surface area contributed by atoms with Crippen molar-refractivity contribution in [3.8, 4) is 22.9 Å². The first-order valence-electron chi connectivity index (χ1n) is 24.4. The van der Waals surface area contributed by atoms with Crippen LogP contribution in [0.5, 0.6) is 0 Å². The molecule has 0 saturated carbocycles. The number of benzene rings is 2. The molecule has 4 aromatic heterocycles. The Hall–Kier alpha value is -6.42. The lowest BCUT2D eigenvalue weighted by Crippen LogP contribution is -2.30. The molecule has 22 heteroatoms. The van der Waals surface area contributed by atoms with Gasteiger partial charge >= 0.3 is 23.8 Å². The quantitative estimate of drug-likeness (QED) is 0.0343. The Balaban J connectivity index is 0.000000282. The normalized spacial score (nSPS) is 13.5. The molecular weight excluding hydrogens is 1020 g/mol. The first-order chi connectivity index (χ1) is 35.5. The van der Waals surface area contributed by atoms with Crippen LogP contribution in [0.2, 0.25) is 0 Å². The topological polar surface area (TPSA) is 186 Å². The Kier molecular flexibility index (Phi) is 20.4. The maximum absolute atomic E-state index is 14.8. The molecule has 0 bridgehead atoms. The van der Waals surface area contributed by atoms with Crippen LogP contribution in [-0.4, -0.2) is 56.5 Å². The fraction of sp³-hybridized carbons (Fsp3) is 0.519. The number of carbonyl (C=O) groups is 2. The molecule has 0 aliphatic heterocycles. The van der Waals surface area contributed by atoms with Gasteiger partial charge in [-0.2, -0.15) is 17.6 Å². The van der Waals surface area contributed by atoms with Crippen LogP contribution in [-0.2, 0) is 48.9 Å². The van der Waals surface area contributed by atoms with Crippen molar-refractivity contribution in [1.82, 2.24) is 20.6 Å². The lowest BCUT2D eigenvalue weighted by atomic mass is 9.86. The highest BCUT2D eigenvalue weighted by atomic mass is 19.3. The van der Waals surface area contributed by atoms with Gasteiger partial charge < -0.3 is 37.4 Å². The third-order valence-corrected chi connectivity index (χ3v) is 11.9. The summed E-state index contributed by atoms with van der Waals surface area (Å²) in [4.78, 5) is 24.1. The monoisotopic (exact) mass is 1080 g/mol. The molecule has 2 aromatic carbocycles. The van der Waals surface area contributed by atoms with E-state index in [2.05, 4.69) is 20.6 Å². The lowest BCUT2D eigenvalue weighted by molar-refractivity contribution is -0.155. The first-order valence-corrected chi connectivity index (χ1v) is 24.4. The number of aliphatic carboxylic acids is 1. The van der Waals surface area contributed by atoms with Crippen LogP contribution in [0.4, 0.5) is 35.1 Å². The standard InChI is InChI=1S/C29H36F4N2O5.C25H28F4N2O5/c1-27(2,3)29(32,33)21-16-20(34-39-21)25-23(26(30)31)24(35-40-25)19(15-22(36)38-28(4,5)6)13-10-14-37-17-18-11-8-7-9-12-18;1-24(2,3)25(28,29)18-13-17(30-35-18)22-20(23(26)27)21(31-36-22)16(12-19(32)33)10-7-11-34-14-15-8-5-4-6-9-15/h7-9,11-12,16,19,26H,10,13-15,17H2,1-6H3;4-6,8-9,13,16,23H,7,10-12,14H2,1-3H3,(H,32,33)/t19-;16-/m00/s1. The SMILES string of the molecule is CC(C)(C)C(F)(F)c1cc(-c2onc([C@@H](CCCOCc3ccccc3)CC(=O)O)c2C(F)F)no1.CC(C)(C)OC(=O)C[C@H](CCCOCc1ccccc1)c1noc(-c2cc(C(F)(F)C(C)(C)C)on2)c1C(F)F. The number of carbonyl (C=O) groups excluding carboxylic acids is 1. The second-order valence-corrected chi connectivity index (χ2v) is 21.2. The molecule has 4 heterocycles. The number of nitrogens with zero attached hydrogens (tertiary/aromatic N) is 4. The van der Waals surface area contributed by atoms with Gasteiger partial charge in [0.2, 0.25) is 11.5 Å².